The zero-order valence-corrected chi connectivity index (χ0v) is 10.1. The maximum Gasteiger partial charge on any atom is -0.0149 e. The van der Waals surface area contributed by atoms with Gasteiger partial charge in [-0.1, -0.05) is 0 Å². The van der Waals surface area contributed by atoms with Crippen LogP contribution >= 0.6 is 0 Å². The van der Waals surface area contributed by atoms with Crippen LogP contribution in [0, 0.1) is 0 Å². The van der Waals surface area contributed by atoms with Crippen molar-refractivity contribution in [2.75, 3.05) is 0 Å². The van der Waals surface area contributed by atoms with Crippen molar-refractivity contribution in [3.05, 3.63) is 0 Å². The summed E-state index contributed by atoms with van der Waals surface area (Å²) in [4.78, 5) is 0. The Morgan fingerprint density at radius 2 is 1.00 bits per heavy atom. The molecule has 5 heteroatoms. The van der Waals surface area contributed by atoms with Crippen LogP contribution in [0.5, 0.6) is 0 Å². The van der Waals surface area contributed by atoms with Crippen LogP contribution in [0.1, 0.15) is 0 Å². The van der Waals surface area contributed by atoms with E-state index in [0.29, 0.717) is 0 Å². The molecule has 0 amide bonds. The van der Waals surface area contributed by atoms with E-state index < -0.39 is 0 Å². The molecule has 0 rings (SSSR count). The van der Waals surface area contributed by atoms with Gasteiger partial charge in [0.05, 0.1) is 0 Å². The molecule has 0 atom stereocenters. The fraction of sp³-hybridized carbons (Fsp3) is 0. The molecule has 0 aliphatic heterocycles. The summed E-state index contributed by atoms with van der Waals surface area (Å²) in [6.45, 7) is 0. The minimum atomic E-state index is 0. The second-order valence-electron chi connectivity index (χ2n) is 0. The van der Waals surface area contributed by atoms with E-state index in [0.717, 1.165) is 0 Å². The predicted molar refractivity (Wildman–Crippen MR) is 19.9 cm³/mol. The summed E-state index contributed by atoms with van der Waals surface area (Å²) in [5.74, 6) is 0. The maximum absolute atomic E-state index is 0. The van der Waals surface area contributed by atoms with Crippen molar-refractivity contribution in [2.24, 2.45) is 0 Å². The van der Waals surface area contributed by atoms with Gasteiger partial charge in [0.15, 0.2) is 0 Å². The van der Waals surface area contributed by atoms with Crippen LogP contribution in [0.4, 0.5) is 0 Å². The van der Waals surface area contributed by atoms with Gasteiger partial charge in [0.2, 0.25) is 0 Å². The normalized spacial score (nSPS) is 0. The smallest absolute Gasteiger partial charge is 0.0149 e. The molecule has 0 nitrogen and oxygen atoms in total. The Balaban J connectivity index is 0. The molecule has 0 saturated heterocycles. The van der Waals surface area contributed by atoms with Crippen molar-refractivity contribution in [1.82, 2.24) is 0 Å². The third kappa shape index (κ3) is 20.4. The van der Waals surface area contributed by atoms with E-state index >= 15 is 0 Å². The molecule has 0 bridgehead atoms. The van der Waals surface area contributed by atoms with Gasteiger partial charge < -0.3 is 0 Å². The van der Waals surface area contributed by atoms with Gasteiger partial charge in [-0.2, -0.15) is 0 Å². The Kier molecular flexibility index (Phi) is 290. The van der Waals surface area contributed by atoms with Gasteiger partial charge >= 0.3 is 27.3 Å². The number of rotatable bonds is 0. The summed E-state index contributed by atoms with van der Waals surface area (Å²) < 4.78 is 0. The summed E-state index contributed by atoms with van der Waals surface area (Å²) in [5, 5.41) is 0. The van der Waals surface area contributed by atoms with Crippen LogP contribution in [0.3, 0.4) is 0 Å². The average Bonchev–Trinajstić information content (AvgIpc) is 0. The minimum absolute atomic E-state index is 0. The molecule has 0 spiro atoms. The molecule has 0 aromatic rings. The molecule has 0 saturated carbocycles. The van der Waals surface area contributed by atoms with E-state index in [1.807, 2.05) is 0 Å². The standard InChI is InChI=1S/Co.Cu.Ni.Pb.H4Si.2H/h;;;;1H4;;. The molecule has 0 N–H and O–H groups in total. The minimum Gasteiger partial charge on any atom is -0.0149 e. The van der Waals surface area contributed by atoms with Crippen molar-refractivity contribution in [3.8, 4) is 0 Å². The van der Waals surface area contributed by atoms with Gasteiger partial charge in [-0.05, 0) is 11.0 Å². The fourth-order valence-electron chi connectivity index (χ4n) is 0. The van der Waals surface area contributed by atoms with E-state index in [2.05, 4.69) is 0 Å². The molecule has 0 aromatic heterocycles. The van der Waals surface area contributed by atoms with Crippen molar-refractivity contribution in [2.45, 2.75) is 0 Å². The van der Waals surface area contributed by atoms with E-state index in [1.165, 1.54) is 0 Å². The zero-order valence-electron chi connectivity index (χ0n) is 1.66. The molecule has 44 valence electrons. The molecule has 0 aliphatic rings. The van der Waals surface area contributed by atoms with Crippen molar-refractivity contribution in [3.63, 3.8) is 0 Å². The SMILES string of the molecule is [Co].[Cu].[Ni].[PbH2].[SiH4]. The first kappa shape index (κ1) is 48.0. The third-order valence-electron chi connectivity index (χ3n) is 0. The van der Waals surface area contributed by atoms with Gasteiger partial charge in [-0.15, -0.1) is 0 Å². The van der Waals surface area contributed by atoms with Crippen LogP contribution in [0.15, 0.2) is 0 Å². The van der Waals surface area contributed by atoms with E-state index in [9.17, 15) is 0 Å². The van der Waals surface area contributed by atoms with Gasteiger partial charge in [0.1, 0.15) is 0 Å². The topological polar surface area (TPSA) is 0 Å². The Labute approximate surface area is 87.4 Å². The Morgan fingerprint density at radius 1 is 1.00 bits per heavy atom. The zero-order chi connectivity index (χ0) is 0. The largest absolute Gasteiger partial charge is 0.0149 e. The first-order valence-corrected chi connectivity index (χ1v) is 0. The quantitative estimate of drug-likeness (QED) is 0.383. The molecular weight excluding hydrogens is 416 g/mol. The van der Waals surface area contributed by atoms with E-state index in [4.69, 9.17) is 0 Å². The summed E-state index contributed by atoms with van der Waals surface area (Å²) in [6, 6.07) is 0. The maximum atomic E-state index is 0. The van der Waals surface area contributed by atoms with Crippen LogP contribution in [-0.2, 0) is 50.3 Å². The van der Waals surface area contributed by atoms with Gasteiger partial charge in [0, 0.05) is 50.3 Å². The molecule has 0 aliphatic carbocycles. The molecule has 0 heterocycles. The van der Waals surface area contributed by atoms with Crippen LogP contribution < -0.4 is 0 Å². The second-order valence-corrected chi connectivity index (χ2v) is 0. The molecule has 0 unspecified atom stereocenters. The second kappa shape index (κ2) is 30.2. The molecule has 0 aromatic carbocycles. The van der Waals surface area contributed by atoms with Crippen LogP contribution in [-0.4, -0.2) is 38.3 Å². The average molecular weight is 423 g/mol. The Morgan fingerprint density at radius 3 is 1.00 bits per heavy atom. The van der Waals surface area contributed by atoms with E-state index in [-0.39, 0.29) is 88.6 Å². The fourth-order valence-corrected chi connectivity index (χ4v) is 0. The van der Waals surface area contributed by atoms with Gasteiger partial charge in [-0.3, -0.25) is 0 Å². The predicted octanol–water partition coefficient (Wildman–Crippen LogP) is -2.38. The van der Waals surface area contributed by atoms with Crippen molar-refractivity contribution >= 4 is 38.3 Å². The molecule has 5 heavy (non-hydrogen) atoms. The molecule has 4 radical (unpaired) electrons. The Bertz CT molecular complexity index is 11.6. The number of hydrogen-bond acceptors (Lipinski definition) is 0. The van der Waals surface area contributed by atoms with Crippen LogP contribution in [0.25, 0.3) is 0 Å². The third-order valence-corrected chi connectivity index (χ3v) is 0. The van der Waals surface area contributed by atoms with Crippen molar-refractivity contribution < 1.29 is 50.3 Å². The van der Waals surface area contributed by atoms with Gasteiger partial charge in [-0.25, -0.2) is 0 Å². The summed E-state index contributed by atoms with van der Waals surface area (Å²) in [7, 11) is 0. The summed E-state index contributed by atoms with van der Waals surface area (Å²) in [6.07, 6.45) is 0. The monoisotopic (exact) mass is 422 g/mol. The summed E-state index contributed by atoms with van der Waals surface area (Å²) >= 11 is 0. The van der Waals surface area contributed by atoms with Gasteiger partial charge in [0.25, 0.3) is 0 Å². The number of hydrogen-bond donors (Lipinski definition) is 0. The molecular formula is H6CoCuNiPbSi. The molecule has 0 fully saturated rings. The first-order chi connectivity index (χ1) is 0. The van der Waals surface area contributed by atoms with Crippen LogP contribution in [0.2, 0.25) is 0 Å². The Hall–Kier alpha value is 2.66. The van der Waals surface area contributed by atoms with E-state index in [1.54, 1.807) is 0 Å². The van der Waals surface area contributed by atoms with Crippen molar-refractivity contribution in [1.29, 1.82) is 0 Å². The first-order valence-electron chi connectivity index (χ1n) is 0. The summed E-state index contributed by atoms with van der Waals surface area (Å²) in [5.41, 5.74) is 0.